The van der Waals surface area contributed by atoms with E-state index in [0.29, 0.717) is 6.61 Å². The average Bonchev–Trinajstić information content (AvgIpc) is 2.69. The Kier molecular flexibility index (Phi) is 4.47. The summed E-state index contributed by atoms with van der Waals surface area (Å²) < 4.78 is 11.4. The molecule has 0 saturated carbocycles. The first-order valence-electron chi connectivity index (χ1n) is 8.88. The molecule has 0 bridgehead atoms. The summed E-state index contributed by atoms with van der Waals surface area (Å²) in [5.74, 6) is 1.84. The van der Waals surface area contributed by atoms with E-state index in [2.05, 4.69) is 45.2 Å². The lowest BCUT2D eigenvalue weighted by atomic mass is 10.0. The molecule has 0 aliphatic carbocycles. The van der Waals surface area contributed by atoms with Crippen molar-refractivity contribution >= 4 is 16.6 Å². The summed E-state index contributed by atoms with van der Waals surface area (Å²) in [7, 11) is 1.69. The number of nitrogens with zero attached hydrogens (tertiary/aromatic N) is 3. The molecule has 1 aliphatic rings. The van der Waals surface area contributed by atoms with Crippen molar-refractivity contribution in [1.82, 2.24) is 9.97 Å². The lowest BCUT2D eigenvalue weighted by Gasteiger charge is -2.34. The summed E-state index contributed by atoms with van der Waals surface area (Å²) in [4.78, 5) is 11.4. The number of aryl methyl sites for hydroxylation is 2. The molecule has 26 heavy (non-hydrogen) atoms. The second-order valence-corrected chi connectivity index (χ2v) is 6.70. The van der Waals surface area contributed by atoms with Gasteiger partial charge in [-0.05, 0) is 48.4 Å². The molecule has 1 aromatic heterocycles. The predicted molar refractivity (Wildman–Crippen MR) is 103 cm³/mol. The number of benzene rings is 2. The molecule has 5 heteroatoms. The minimum Gasteiger partial charge on any atom is -0.497 e. The molecule has 0 unspecified atom stereocenters. The zero-order chi connectivity index (χ0) is 18.1. The molecular formula is C21H23N3O2. The minimum atomic E-state index is 0.0250. The largest absolute Gasteiger partial charge is 0.497 e. The Bertz CT molecular complexity index is 942. The van der Waals surface area contributed by atoms with E-state index < -0.39 is 0 Å². The van der Waals surface area contributed by atoms with Crippen LogP contribution < -0.4 is 9.64 Å². The van der Waals surface area contributed by atoms with Crippen LogP contribution in [0.2, 0.25) is 0 Å². The van der Waals surface area contributed by atoms with E-state index in [1.807, 2.05) is 26.1 Å². The van der Waals surface area contributed by atoms with E-state index in [0.717, 1.165) is 36.0 Å². The fraction of sp³-hybridized carbons (Fsp3) is 0.333. The maximum absolute atomic E-state index is 6.07. The van der Waals surface area contributed by atoms with Crippen molar-refractivity contribution < 1.29 is 9.47 Å². The molecule has 2 heterocycles. The first kappa shape index (κ1) is 16.8. The van der Waals surface area contributed by atoms with Gasteiger partial charge in [-0.15, -0.1) is 0 Å². The van der Waals surface area contributed by atoms with Gasteiger partial charge in [-0.1, -0.05) is 18.2 Å². The Balaban J connectivity index is 1.61. The van der Waals surface area contributed by atoms with E-state index in [1.54, 1.807) is 7.11 Å². The number of methoxy groups -OCH3 is 1. The molecule has 134 valence electrons. The molecule has 1 atom stereocenters. The summed E-state index contributed by atoms with van der Waals surface area (Å²) in [6.07, 6.45) is 1.84. The fourth-order valence-corrected chi connectivity index (χ4v) is 3.44. The summed E-state index contributed by atoms with van der Waals surface area (Å²) in [5, 5.41) is 2.36. The van der Waals surface area contributed by atoms with Gasteiger partial charge in [-0.2, -0.15) is 0 Å². The lowest BCUT2D eigenvalue weighted by Crippen LogP contribution is -2.39. The maximum atomic E-state index is 6.07. The Morgan fingerprint density at radius 2 is 1.92 bits per heavy atom. The number of aromatic nitrogens is 2. The van der Waals surface area contributed by atoms with Crippen molar-refractivity contribution in [2.45, 2.75) is 20.0 Å². The molecule has 3 aromatic rings. The zero-order valence-corrected chi connectivity index (χ0v) is 15.4. The first-order chi connectivity index (χ1) is 12.6. The highest BCUT2D eigenvalue weighted by Crippen LogP contribution is 2.29. The third kappa shape index (κ3) is 3.22. The fourth-order valence-electron chi connectivity index (χ4n) is 3.44. The van der Waals surface area contributed by atoms with Crippen LogP contribution in [0.5, 0.6) is 5.75 Å². The lowest BCUT2D eigenvalue weighted by molar-refractivity contribution is 0.0395. The van der Waals surface area contributed by atoms with Crippen LogP contribution in [0.3, 0.4) is 0 Å². The van der Waals surface area contributed by atoms with Gasteiger partial charge in [0.25, 0.3) is 0 Å². The van der Waals surface area contributed by atoms with E-state index in [1.165, 1.54) is 16.3 Å². The van der Waals surface area contributed by atoms with Crippen LogP contribution in [0, 0.1) is 13.8 Å². The average molecular weight is 349 g/mol. The normalized spacial score (nSPS) is 17.5. The van der Waals surface area contributed by atoms with Crippen LogP contribution >= 0.6 is 0 Å². The highest BCUT2D eigenvalue weighted by molar-refractivity contribution is 5.84. The van der Waals surface area contributed by atoms with Gasteiger partial charge in [0, 0.05) is 19.3 Å². The summed E-state index contributed by atoms with van der Waals surface area (Å²) in [6, 6.07) is 12.6. The van der Waals surface area contributed by atoms with Crippen molar-refractivity contribution in [1.29, 1.82) is 0 Å². The highest BCUT2D eigenvalue weighted by atomic mass is 16.5. The van der Waals surface area contributed by atoms with Crippen molar-refractivity contribution in [3.63, 3.8) is 0 Å². The Morgan fingerprint density at radius 3 is 2.77 bits per heavy atom. The number of morpholine rings is 1. The third-order valence-corrected chi connectivity index (χ3v) is 4.86. The van der Waals surface area contributed by atoms with Gasteiger partial charge in [0.2, 0.25) is 0 Å². The second-order valence-electron chi connectivity index (χ2n) is 6.70. The van der Waals surface area contributed by atoms with Gasteiger partial charge in [0.15, 0.2) is 5.82 Å². The highest BCUT2D eigenvalue weighted by Gasteiger charge is 2.24. The molecule has 4 rings (SSSR count). The predicted octanol–water partition coefficient (Wildman–Crippen LogP) is 3.83. The minimum absolute atomic E-state index is 0.0250. The number of fused-ring (bicyclic) bond motifs is 1. The van der Waals surface area contributed by atoms with Crippen LogP contribution in [0.15, 0.2) is 42.6 Å². The first-order valence-corrected chi connectivity index (χ1v) is 8.88. The van der Waals surface area contributed by atoms with E-state index in [4.69, 9.17) is 9.47 Å². The monoisotopic (exact) mass is 349 g/mol. The van der Waals surface area contributed by atoms with Crippen LogP contribution in [-0.2, 0) is 4.74 Å². The standard InChI is InChI=1S/C21H23N3O2/c1-14-12-22-15(2)21(23-14)24-8-9-26-20(13-24)18-5-4-17-11-19(25-3)7-6-16(17)10-18/h4-7,10-12,20H,8-9,13H2,1-3H3/t20-/m1/s1. The van der Waals surface area contributed by atoms with Crippen LogP contribution in [0.4, 0.5) is 5.82 Å². The number of hydrogen-bond acceptors (Lipinski definition) is 5. The Hall–Kier alpha value is -2.66. The smallest absolute Gasteiger partial charge is 0.150 e. The number of hydrogen-bond donors (Lipinski definition) is 0. The van der Waals surface area contributed by atoms with Crippen molar-refractivity contribution in [2.24, 2.45) is 0 Å². The van der Waals surface area contributed by atoms with Crippen molar-refractivity contribution in [3.8, 4) is 5.75 Å². The molecule has 1 saturated heterocycles. The van der Waals surface area contributed by atoms with Crippen molar-refractivity contribution in [2.75, 3.05) is 31.7 Å². The molecule has 5 nitrogen and oxygen atoms in total. The van der Waals surface area contributed by atoms with Crippen molar-refractivity contribution in [3.05, 3.63) is 59.5 Å². The number of anilines is 1. The zero-order valence-electron chi connectivity index (χ0n) is 15.4. The van der Waals surface area contributed by atoms with Gasteiger partial charge in [0.1, 0.15) is 11.9 Å². The molecule has 1 aliphatic heterocycles. The van der Waals surface area contributed by atoms with Gasteiger partial charge in [0.05, 0.1) is 25.1 Å². The molecule has 2 aromatic carbocycles. The molecule has 0 spiro atoms. The summed E-state index contributed by atoms with van der Waals surface area (Å²) >= 11 is 0. The van der Waals surface area contributed by atoms with E-state index in [-0.39, 0.29) is 6.10 Å². The van der Waals surface area contributed by atoms with Gasteiger partial charge < -0.3 is 14.4 Å². The Labute approximate surface area is 153 Å². The maximum Gasteiger partial charge on any atom is 0.150 e. The molecular weight excluding hydrogens is 326 g/mol. The summed E-state index contributed by atoms with van der Waals surface area (Å²) in [5.41, 5.74) is 3.08. The van der Waals surface area contributed by atoms with Gasteiger partial charge in [-0.3, -0.25) is 4.98 Å². The number of ether oxygens (including phenoxy) is 2. The third-order valence-electron chi connectivity index (χ3n) is 4.86. The molecule has 0 amide bonds. The number of rotatable bonds is 3. The quantitative estimate of drug-likeness (QED) is 0.719. The molecule has 0 radical (unpaired) electrons. The summed E-state index contributed by atoms with van der Waals surface area (Å²) in [6.45, 7) is 6.28. The van der Waals surface area contributed by atoms with Crippen LogP contribution in [0.1, 0.15) is 23.1 Å². The van der Waals surface area contributed by atoms with Crippen LogP contribution in [-0.4, -0.2) is 36.8 Å². The van der Waals surface area contributed by atoms with E-state index in [9.17, 15) is 0 Å². The van der Waals surface area contributed by atoms with Crippen LogP contribution in [0.25, 0.3) is 10.8 Å². The van der Waals surface area contributed by atoms with Gasteiger partial charge in [-0.25, -0.2) is 4.98 Å². The second kappa shape index (κ2) is 6.92. The SMILES string of the molecule is COc1ccc2cc([C@H]3CN(c4nc(C)cnc4C)CCO3)ccc2c1. The van der Waals surface area contributed by atoms with Gasteiger partial charge >= 0.3 is 0 Å². The Morgan fingerprint density at radius 1 is 1.12 bits per heavy atom. The molecule has 0 N–H and O–H groups in total. The molecule has 1 fully saturated rings. The topological polar surface area (TPSA) is 47.5 Å². The van der Waals surface area contributed by atoms with E-state index >= 15 is 0 Å².